The van der Waals surface area contributed by atoms with Gasteiger partial charge in [0.2, 0.25) is 0 Å². The van der Waals surface area contributed by atoms with E-state index in [4.69, 9.17) is 10.5 Å². The Bertz CT molecular complexity index is 415. The first-order valence-corrected chi connectivity index (χ1v) is 7.77. The Morgan fingerprint density at radius 2 is 2.05 bits per heavy atom. The maximum atomic E-state index is 14.0. The lowest BCUT2D eigenvalue weighted by atomic mass is 9.85. The number of benzene rings is 1. The average Bonchev–Trinajstić information content (AvgIpc) is 2.48. The Balaban J connectivity index is 1.83. The summed E-state index contributed by atoms with van der Waals surface area (Å²) in [7, 11) is 1.49. The highest BCUT2D eigenvalue weighted by molar-refractivity contribution is 5.31. The van der Waals surface area contributed by atoms with E-state index in [9.17, 15) is 4.39 Å². The largest absolute Gasteiger partial charge is 0.494 e. The Morgan fingerprint density at radius 1 is 1.30 bits per heavy atom. The Morgan fingerprint density at radius 3 is 2.75 bits per heavy atom. The number of nitrogens with two attached hydrogens (primary N) is 1. The normalized spacial score (nSPS) is 17.9. The van der Waals surface area contributed by atoms with E-state index in [1.54, 1.807) is 12.1 Å². The summed E-state index contributed by atoms with van der Waals surface area (Å²) in [4.78, 5) is 0. The van der Waals surface area contributed by atoms with Crippen LogP contribution in [0.3, 0.4) is 0 Å². The van der Waals surface area contributed by atoms with Gasteiger partial charge in [0.05, 0.1) is 7.11 Å². The van der Waals surface area contributed by atoms with Crippen LogP contribution in [-0.4, -0.2) is 13.2 Å². The van der Waals surface area contributed by atoms with Crippen LogP contribution in [0.15, 0.2) is 18.2 Å². The van der Waals surface area contributed by atoms with Crippen LogP contribution in [0.4, 0.5) is 4.39 Å². The third-order valence-corrected chi connectivity index (χ3v) is 4.42. The molecular weight excluding hydrogens is 253 g/mol. The lowest BCUT2D eigenvalue weighted by Gasteiger charge is -2.23. The first-order valence-electron chi connectivity index (χ1n) is 7.77. The van der Waals surface area contributed by atoms with Gasteiger partial charge in [-0.25, -0.2) is 4.39 Å². The van der Waals surface area contributed by atoms with E-state index in [-0.39, 0.29) is 11.9 Å². The van der Waals surface area contributed by atoms with Gasteiger partial charge in [-0.05, 0) is 36.8 Å². The fraction of sp³-hybridized carbons (Fsp3) is 0.647. The number of ether oxygens (including phenoxy) is 1. The number of hydrogen-bond donors (Lipinski definition) is 1. The lowest BCUT2D eigenvalue weighted by Crippen LogP contribution is -2.24. The summed E-state index contributed by atoms with van der Waals surface area (Å²) in [6, 6.07) is 5.31. The molecule has 1 saturated carbocycles. The van der Waals surface area contributed by atoms with Gasteiger partial charge in [-0.2, -0.15) is 0 Å². The molecule has 1 aliphatic rings. The first-order chi connectivity index (χ1) is 9.70. The van der Waals surface area contributed by atoms with Crippen molar-refractivity contribution in [2.75, 3.05) is 7.11 Å². The highest BCUT2D eigenvalue weighted by atomic mass is 19.1. The molecular formula is C17H26FNO. The minimum atomic E-state index is -0.261. The molecule has 0 spiro atoms. The van der Waals surface area contributed by atoms with Gasteiger partial charge in [0.25, 0.3) is 0 Å². The van der Waals surface area contributed by atoms with E-state index in [1.165, 1.54) is 45.6 Å². The monoisotopic (exact) mass is 279 g/mol. The molecule has 0 aliphatic heterocycles. The van der Waals surface area contributed by atoms with Gasteiger partial charge in [0.1, 0.15) is 0 Å². The summed E-state index contributed by atoms with van der Waals surface area (Å²) in [6.07, 6.45) is 9.58. The smallest absolute Gasteiger partial charge is 0.168 e. The van der Waals surface area contributed by atoms with E-state index in [1.807, 2.05) is 6.07 Å². The van der Waals surface area contributed by atoms with Gasteiger partial charge >= 0.3 is 0 Å². The molecule has 0 bridgehead atoms. The maximum Gasteiger partial charge on any atom is 0.168 e. The molecule has 1 unspecified atom stereocenters. The molecule has 2 N–H and O–H groups in total. The fourth-order valence-electron chi connectivity index (χ4n) is 3.18. The molecule has 0 radical (unpaired) electrons. The first kappa shape index (κ1) is 15.3. The Hall–Kier alpha value is -1.09. The van der Waals surface area contributed by atoms with Crippen LogP contribution in [0.5, 0.6) is 5.75 Å². The summed E-state index contributed by atoms with van der Waals surface area (Å²) in [5.74, 6) is 0.884. The predicted molar refractivity (Wildman–Crippen MR) is 80.4 cm³/mol. The van der Waals surface area contributed by atoms with Gasteiger partial charge in [0.15, 0.2) is 11.6 Å². The number of halogens is 1. The molecule has 1 aromatic rings. The SMILES string of the molecule is COc1cccc(CC(N)CCC2CCCCC2)c1F. The molecule has 1 atom stereocenters. The zero-order valence-electron chi connectivity index (χ0n) is 12.4. The van der Waals surface area contributed by atoms with E-state index >= 15 is 0 Å². The van der Waals surface area contributed by atoms with Crippen LogP contribution in [0.1, 0.15) is 50.5 Å². The number of methoxy groups -OCH3 is 1. The summed E-state index contributed by atoms with van der Waals surface area (Å²) >= 11 is 0. The molecule has 1 aromatic carbocycles. The zero-order chi connectivity index (χ0) is 14.4. The molecule has 1 aliphatic carbocycles. The minimum Gasteiger partial charge on any atom is -0.494 e. The van der Waals surface area contributed by atoms with Gasteiger partial charge < -0.3 is 10.5 Å². The summed E-state index contributed by atoms with van der Waals surface area (Å²) in [5, 5.41) is 0. The molecule has 2 nitrogen and oxygen atoms in total. The lowest BCUT2D eigenvalue weighted by molar-refractivity contribution is 0.322. The Labute approximate surface area is 121 Å². The van der Waals surface area contributed by atoms with Gasteiger partial charge in [-0.1, -0.05) is 44.2 Å². The molecule has 1 fully saturated rings. The molecule has 20 heavy (non-hydrogen) atoms. The van der Waals surface area contributed by atoms with Crippen molar-refractivity contribution < 1.29 is 9.13 Å². The summed E-state index contributed by atoms with van der Waals surface area (Å²) in [5.41, 5.74) is 6.84. The van der Waals surface area contributed by atoms with Crippen molar-refractivity contribution in [2.45, 2.75) is 57.4 Å². The van der Waals surface area contributed by atoms with Gasteiger partial charge in [-0.3, -0.25) is 0 Å². The quantitative estimate of drug-likeness (QED) is 0.852. The third-order valence-electron chi connectivity index (χ3n) is 4.42. The molecule has 0 saturated heterocycles. The molecule has 0 aromatic heterocycles. The van der Waals surface area contributed by atoms with Crippen molar-refractivity contribution in [1.82, 2.24) is 0 Å². The van der Waals surface area contributed by atoms with Crippen LogP contribution in [0, 0.1) is 11.7 Å². The fourth-order valence-corrected chi connectivity index (χ4v) is 3.18. The van der Waals surface area contributed by atoms with Crippen molar-refractivity contribution in [3.63, 3.8) is 0 Å². The predicted octanol–water partition coefficient (Wildman–Crippen LogP) is 4.06. The van der Waals surface area contributed by atoms with Crippen LogP contribution in [-0.2, 0) is 6.42 Å². The highest BCUT2D eigenvalue weighted by Crippen LogP contribution is 2.28. The van der Waals surface area contributed by atoms with Crippen LogP contribution < -0.4 is 10.5 Å². The number of hydrogen-bond acceptors (Lipinski definition) is 2. The van der Waals surface area contributed by atoms with E-state index < -0.39 is 0 Å². The summed E-state index contributed by atoms with van der Waals surface area (Å²) < 4.78 is 19.1. The van der Waals surface area contributed by atoms with E-state index in [2.05, 4.69) is 0 Å². The standard InChI is InChI=1S/C17H26FNO/c1-20-16-9-5-8-14(17(16)18)12-15(19)11-10-13-6-3-2-4-7-13/h5,8-9,13,15H,2-4,6-7,10-12,19H2,1H3. The van der Waals surface area contributed by atoms with Crippen LogP contribution in [0.2, 0.25) is 0 Å². The molecule has 2 rings (SSSR count). The topological polar surface area (TPSA) is 35.2 Å². The summed E-state index contributed by atoms with van der Waals surface area (Å²) in [6.45, 7) is 0. The minimum absolute atomic E-state index is 0.0403. The average molecular weight is 279 g/mol. The van der Waals surface area contributed by atoms with Crippen LogP contribution >= 0.6 is 0 Å². The second-order valence-electron chi connectivity index (χ2n) is 5.98. The molecule has 112 valence electrons. The maximum absolute atomic E-state index is 14.0. The van der Waals surface area contributed by atoms with E-state index in [0.717, 1.165) is 12.3 Å². The Kier molecular flexibility index (Phi) is 5.84. The molecule has 0 amide bonds. The zero-order valence-corrected chi connectivity index (χ0v) is 12.4. The second-order valence-corrected chi connectivity index (χ2v) is 5.98. The number of rotatable bonds is 6. The highest BCUT2D eigenvalue weighted by Gasteiger charge is 2.16. The van der Waals surface area contributed by atoms with Gasteiger partial charge in [0, 0.05) is 6.04 Å². The van der Waals surface area contributed by atoms with Crippen molar-refractivity contribution in [1.29, 1.82) is 0 Å². The van der Waals surface area contributed by atoms with Crippen molar-refractivity contribution >= 4 is 0 Å². The van der Waals surface area contributed by atoms with Crippen LogP contribution in [0.25, 0.3) is 0 Å². The van der Waals surface area contributed by atoms with Gasteiger partial charge in [-0.15, -0.1) is 0 Å². The molecule has 3 heteroatoms. The van der Waals surface area contributed by atoms with Crippen molar-refractivity contribution in [3.8, 4) is 5.75 Å². The second kappa shape index (κ2) is 7.63. The third kappa shape index (κ3) is 4.20. The van der Waals surface area contributed by atoms with E-state index in [0.29, 0.717) is 17.7 Å². The van der Waals surface area contributed by atoms with Crippen molar-refractivity contribution in [3.05, 3.63) is 29.6 Å². The molecule has 0 heterocycles. The van der Waals surface area contributed by atoms with Crippen molar-refractivity contribution in [2.24, 2.45) is 11.7 Å².